The number of halogens is 3. The van der Waals surface area contributed by atoms with Gasteiger partial charge in [0.05, 0.1) is 4.47 Å². The number of nitrogens with one attached hydrogen (secondary N) is 1. The maximum Gasteiger partial charge on any atom is 0.143 e. The zero-order valence-corrected chi connectivity index (χ0v) is 13.5. The molecule has 0 radical (unpaired) electrons. The van der Waals surface area contributed by atoms with Crippen LogP contribution in [0.15, 0.2) is 16.6 Å². The molecular formula is C13H19BrF2N2S. The lowest BCUT2D eigenvalue weighted by Crippen LogP contribution is -2.39. The van der Waals surface area contributed by atoms with Crippen molar-refractivity contribution < 1.29 is 8.78 Å². The fourth-order valence-corrected chi connectivity index (χ4v) is 2.95. The molecule has 0 spiro atoms. The number of nitrogens with two attached hydrogens (primary N) is 1. The summed E-state index contributed by atoms with van der Waals surface area (Å²) in [7, 11) is 0. The standard InChI is InChI=1S/C13H19BrF2N2S/c1-3-8(2)19-7-9(18-17)6-10-12(15)5-4-11(14)13(10)16/h4-5,8-9,18H,3,6-7,17H2,1-2H3. The summed E-state index contributed by atoms with van der Waals surface area (Å²) in [5, 5.41) is 0.507. The Morgan fingerprint density at radius 3 is 2.68 bits per heavy atom. The minimum atomic E-state index is -0.547. The van der Waals surface area contributed by atoms with Crippen LogP contribution in [0.4, 0.5) is 8.78 Å². The van der Waals surface area contributed by atoms with Crippen LogP contribution >= 0.6 is 27.7 Å². The molecule has 0 aliphatic heterocycles. The van der Waals surface area contributed by atoms with Crippen molar-refractivity contribution in [1.29, 1.82) is 0 Å². The monoisotopic (exact) mass is 352 g/mol. The van der Waals surface area contributed by atoms with Gasteiger partial charge in [0.1, 0.15) is 11.6 Å². The van der Waals surface area contributed by atoms with Crippen molar-refractivity contribution in [3.8, 4) is 0 Å². The van der Waals surface area contributed by atoms with Gasteiger partial charge in [-0.3, -0.25) is 11.3 Å². The summed E-state index contributed by atoms with van der Waals surface area (Å²) in [5.74, 6) is 5.11. The van der Waals surface area contributed by atoms with Crippen molar-refractivity contribution >= 4 is 27.7 Å². The molecule has 0 aromatic heterocycles. The van der Waals surface area contributed by atoms with E-state index < -0.39 is 11.6 Å². The number of hydrazine groups is 1. The van der Waals surface area contributed by atoms with Gasteiger partial charge in [0.25, 0.3) is 0 Å². The van der Waals surface area contributed by atoms with E-state index in [0.717, 1.165) is 12.2 Å². The number of hydrogen-bond donors (Lipinski definition) is 2. The molecule has 6 heteroatoms. The molecule has 0 bridgehead atoms. The number of benzene rings is 1. The molecule has 19 heavy (non-hydrogen) atoms. The Morgan fingerprint density at radius 1 is 1.42 bits per heavy atom. The average Bonchev–Trinajstić information content (AvgIpc) is 2.42. The van der Waals surface area contributed by atoms with E-state index in [1.807, 2.05) is 0 Å². The molecule has 3 N–H and O–H groups in total. The van der Waals surface area contributed by atoms with E-state index in [1.54, 1.807) is 11.8 Å². The van der Waals surface area contributed by atoms with Crippen molar-refractivity contribution in [2.24, 2.45) is 5.84 Å². The molecule has 0 aliphatic carbocycles. The lowest BCUT2D eigenvalue weighted by atomic mass is 10.1. The summed E-state index contributed by atoms with van der Waals surface area (Å²) in [6.07, 6.45) is 1.29. The van der Waals surface area contributed by atoms with Crippen molar-refractivity contribution in [3.63, 3.8) is 0 Å². The first-order valence-corrected chi connectivity index (χ1v) is 8.03. The van der Waals surface area contributed by atoms with Gasteiger partial charge in [-0.05, 0) is 40.9 Å². The smallest absolute Gasteiger partial charge is 0.143 e. The Balaban J connectivity index is 2.73. The van der Waals surface area contributed by atoms with Crippen LogP contribution in [0.2, 0.25) is 0 Å². The van der Waals surface area contributed by atoms with Gasteiger partial charge >= 0.3 is 0 Å². The van der Waals surface area contributed by atoms with E-state index in [-0.39, 0.29) is 22.5 Å². The van der Waals surface area contributed by atoms with E-state index in [9.17, 15) is 8.78 Å². The fraction of sp³-hybridized carbons (Fsp3) is 0.538. The molecule has 0 saturated carbocycles. The van der Waals surface area contributed by atoms with Gasteiger partial charge in [0.15, 0.2) is 0 Å². The summed E-state index contributed by atoms with van der Waals surface area (Å²) in [5.41, 5.74) is 2.71. The van der Waals surface area contributed by atoms with Gasteiger partial charge in [-0.2, -0.15) is 11.8 Å². The highest BCUT2D eigenvalue weighted by atomic mass is 79.9. The summed E-state index contributed by atoms with van der Waals surface area (Å²) in [6.45, 7) is 4.23. The molecule has 0 amide bonds. The van der Waals surface area contributed by atoms with Crippen LogP contribution in [-0.4, -0.2) is 17.0 Å². The molecule has 1 aromatic rings. The Bertz CT molecular complexity index is 418. The Hall–Kier alpha value is -0.170. The van der Waals surface area contributed by atoms with Crippen molar-refractivity contribution in [2.45, 2.75) is 38.0 Å². The molecule has 0 saturated heterocycles. The fourth-order valence-electron chi connectivity index (χ4n) is 1.57. The summed E-state index contributed by atoms with van der Waals surface area (Å²) < 4.78 is 27.8. The van der Waals surface area contributed by atoms with Crippen molar-refractivity contribution in [1.82, 2.24) is 5.43 Å². The first-order valence-electron chi connectivity index (χ1n) is 6.19. The van der Waals surface area contributed by atoms with E-state index in [2.05, 4.69) is 35.2 Å². The van der Waals surface area contributed by atoms with Crippen LogP contribution in [0, 0.1) is 11.6 Å². The number of hydrogen-bond acceptors (Lipinski definition) is 3. The first-order chi connectivity index (χ1) is 8.99. The third-order valence-electron chi connectivity index (χ3n) is 2.98. The lowest BCUT2D eigenvalue weighted by Gasteiger charge is -2.18. The second kappa shape index (κ2) is 8.19. The quantitative estimate of drug-likeness (QED) is 0.447. The van der Waals surface area contributed by atoms with Crippen molar-refractivity contribution in [3.05, 3.63) is 33.8 Å². The molecule has 2 nitrogen and oxygen atoms in total. The van der Waals surface area contributed by atoms with Gasteiger partial charge in [0, 0.05) is 22.6 Å². The second-order valence-corrected chi connectivity index (χ2v) is 6.77. The van der Waals surface area contributed by atoms with Crippen LogP contribution in [0.5, 0.6) is 0 Å². The van der Waals surface area contributed by atoms with E-state index in [0.29, 0.717) is 5.25 Å². The molecule has 1 aromatic carbocycles. The number of rotatable bonds is 7. The zero-order valence-electron chi connectivity index (χ0n) is 11.1. The zero-order chi connectivity index (χ0) is 14.4. The van der Waals surface area contributed by atoms with Gasteiger partial charge in [-0.1, -0.05) is 13.8 Å². The predicted molar refractivity (Wildman–Crippen MR) is 81.1 cm³/mol. The van der Waals surface area contributed by atoms with Crippen LogP contribution in [-0.2, 0) is 6.42 Å². The molecule has 0 aliphatic rings. The summed E-state index contributed by atoms with van der Waals surface area (Å²) >= 11 is 4.81. The third kappa shape index (κ3) is 5.02. The van der Waals surface area contributed by atoms with Crippen LogP contribution in [0.1, 0.15) is 25.8 Å². The SMILES string of the molecule is CCC(C)SCC(Cc1c(F)ccc(Br)c1F)NN. The van der Waals surface area contributed by atoms with Crippen LogP contribution in [0.25, 0.3) is 0 Å². The van der Waals surface area contributed by atoms with E-state index in [4.69, 9.17) is 5.84 Å². The average molecular weight is 353 g/mol. The lowest BCUT2D eigenvalue weighted by molar-refractivity contribution is 0.509. The maximum absolute atomic E-state index is 13.9. The largest absolute Gasteiger partial charge is 0.271 e. The molecule has 0 heterocycles. The Morgan fingerprint density at radius 2 is 2.11 bits per heavy atom. The molecular weight excluding hydrogens is 334 g/mol. The van der Waals surface area contributed by atoms with E-state index in [1.165, 1.54) is 12.1 Å². The Kier molecular flexibility index (Phi) is 7.28. The van der Waals surface area contributed by atoms with Crippen LogP contribution in [0.3, 0.4) is 0 Å². The topological polar surface area (TPSA) is 38.0 Å². The predicted octanol–water partition coefficient (Wildman–Crippen LogP) is 3.63. The normalized spacial score (nSPS) is 14.4. The molecule has 0 fully saturated rings. The summed E-state index contributed by atoms with van der Waals surface area (Å²) in [6, 6.07) is 2.47. The molecule has 2 unspecified atom stereocenters. The molecule has 2 atom stereocenters. The van der Waals surface area contributed by atoms with Crippen molar-refractivity contribution in [2.75, 3.05) is 5.75 Å². The molecule has 1 rings (SSSR count). The van der Waals surface area contributed by atoms with Crippen LogP contribution < -0.4 is 11.3 Å². The molecule has 108 valence electrons. The minimum absolute atomic E-state index is 0.0714. The second-order valence-electron chi connectivity index (χ2n) is 4.44. The first kappa shape index (κ1) is 16.9. The highest BCUT2D eigenvalue weighted by molar-refractivity contribution is 9.10. The van der Waals surface area contributed by atoms with Gasteiger partial charge < -0.3 is 0 Å². The minimum Gasteiger partial charge on any atom is -0.271 e. The summed E-state index contributed by atoms with van der Waals surface area (Å²) in [4.78, 5) is 0. The van der Waals surface area contributed by atoms with Gasteiger partial charge in [-0.15, -0.1) is 0 Å². The Labute approximate surface area is 125 Å². The third-order valence-corrected chi connectivity index (χ3v) is 5.09. The van der Waals surface area contributed by atoms with E-state index >= 15 is 0 Å². The highest BCUT2D eigenvalue weighted by Crippen LogP contribution is 2.24. The number of thioether (sulfide) groups is 1. The maximum atomic E-state index is 13.9. The highest BCUT2D eigenvalue weighted by Gasteiger charge is 2.17. The van der Waals surface area contributed by atoms with Gasteiger partial charge in [-0.25, -0.2) is 8.78 Å². The van der Waals surface area contributed by atoms with Gasteiger partial charge in [0.2, 0.25) is 0 Å².